The van der Waals surface area contributed by atoms with Gasteiger partial charge in [-0.05, 0) is 73.2 Å². The smallest absolute Gasteiger partial charge is 0.273 e. The van der Waals surface area contributed by atoms with E-state index >= 15 is 0 Å². The van der Waals surface area contributed by atoms with E-state index < -0.39 is 0 Å². The zero-order chi connectivity index (χ0) is 25.1. The summed E-state index contributed by atoms with van der Waals surface area (Å²) in [4.78, 5) is 11.2. The second-order valence-electron chi connectivity index (χ2n) is 9.06. The molecule has 4 aromatic carbocycles. The molecule has 0 unspecified atom stereocenters. The molecule has 0 radical (unpaired) electrons. The lowest BCUT2D eigenvalue weighted by atomic mass is 10.0. The Balaban J connectivity index is 1.47. The van der Waals surface area contributed by atoms with Gasteiger partial charge in [0.25, 0.3) is 5.69 Å². The minimum atomic E-state index is -0.305. The third kappa shape index (κ3) is 5.08. The molecule has 1 aliphatic carbocycles. The van der Waals surface area contributed by atoms with Gasteiger partial charge in [-0.15, -0.1) is 0 Å². The molecule has 0 N–H and O–H groups in total. The van der Waals surface area contributed by atoms with Crippen LogP contribution in [-0.4, -0.2) is 4.92 Å². The van der Waals surface area contributed by atoms with E-state index in [1.807, 2.05) is 55.5 Å². The number of halogens is 1. The van der Waals surface area contributed by atoms with Gasteiger partial charge in [-0.25, -0.2) is 4.39 Å². The van der Waals surface area contributed by atoms with Gasteiger partial charge in [-0.1, -0.05) is 42.5 Å². The second kappa shape index (κ2) is 10.2. The van der Waals surface area contributed by atoms with Crippen molar-refractivity contribution >= 4 is 5.69 Å². The quantitative estimate of drug-likeness (QED) is 0.192. The maximum atomic E-state index is 13.5. The van der Waals surface area contributed by atoms with Crippen molar-refractivity contribution in [2.75, 3.05) is 0 Å². The van der Waals surface area contributed by atoms with Crippen LogP contribution in [0, 0.1) is 22.9 Å². The van der Waals surface area contributed by atoms with Crippen LogP contribution in [0.15, 0.2) is 78.9 Å². The van der Waals surface area contributed by atoms with Crippen LogP contribution in [0.1, 0.15) is 39.8 Å². The molecule has 0 amide bonds. The van der Waals surface area contributed by atoms with Gasteiger partial charge in [0.2, 0.25) is 0 Å². The number of ether oxygens (including phenoxy) is 2. The molecule has 0 atom stereocenters. The molecule has 0 fully saturated rings. The predicted molar refractivity (Wildman–Crippen MR) is 136 cm³/mol. The van der Waals surface area contributed by atoms with Crippen molar-refractivity contribution in [2.24, 2.45) is 0 Å². The van der Waals surface area contributed by atoms with Gasteiger partial charge in [0.05, 0.1) is 4.92 Å². The van der Waals surface area contributed by atoms with Gasteiger partial charge in [0.1, 0.15) is 29.7 Å². The summed E-state index contributed by atoms with van der Waals surface area (Å²) >= 11 is 0. The number of fused-ring (bicyclic) bond motifs is 1. The first-order chi connectivity index (χ1) is 17.5. The number of hydrogen-bond acceptors (Lipinski definition) is 4. The zero-order valence-corrected chi connectivity index (χ0v) is 20.0. The number of benzene rings is 4. The largest absolute Gasteiger partial charge is 0.489 e. The Morgan fingerprint density at radius 3 is 2.42 bits per heavy atom. The van der Waals surface area contributed by atoms with Gasteiger partial charge in [-0.2, -0.15) is 0 Å². The maximum Gasteiger partial charge on any atom is 0.273 e. The van der Waals surface area contributed by atoms with Crippen molar-refractivity contribution in [2.45, 2.75) is 39.2 Å². The van der Waals surface area contributed by atoms with Crippen LogP contribution in [0.4, 0.5) is 10.1 Å². The van der Waals surface area contributed by atoms with Crippen molar-refractivity contribution in [1.82, 2.24) is 0 Å². The summed E-state index contributed by atoms with van der Waals surface area (Å²) in [5, 5.41) is 11.6. The van der Waals surface area contributed by atoms with Crippen molar-refractivity contribution in [1.29, 1.82) is 0 Å². The third-order valence-electron chi connectivity index (χ3n) is 6.51. The lowest BCUT2D eigenvalue weighted by Gasteiger charge is -2.17. The van der Waals surface area contributed by atoms with Crippen LogP contribution in [-0.2, 0) is 25.9 Å². The Kier molecular flexibility index (Phi) is 6.67. The fourth-order valence-corrected chi connectivity index (χ4v) is 4.75. The lowest BCUT2D eigenvalue weighted by molar-refractivity contribution is -0.385. The standard InChI is InChI=1S/C30H26FNO4/c1-20-16-28(32(33)34)26-8-5-9-27(26)30(20)36-25-14-15-29(35-19-22-6-3-2-4-7-22)23(18-25)17-21-10-12-24(31)13-11-21/h2-4,6-7,10-16,18H,5,8-9,17,19H2,1H3. The molecule has 0 spiro atoms. The van der Waals surface area contributed by atoms with E-state index in [4.69, 9.17) is 9.47 Å². The monoisotopic (exact) mass is 483 g/mol. The van der Waals surface area contributed by atoms with E-state index in [0.717, 1.165) is 52.0 Å². The fraction of sp³-hybridized carbons (Fsp3) is 0.200. The van der Waals surface area contributed by atoms with Gasteiger partial charge >= 0.3 is 0 Å². The fourth-order valence-electron chi connectivity index (χ4n) is 4.75. The van der Waals surface area contributed by atoms with E-state index in [2.05, 4.69) is 0 Å². The lowest BCUT2D eigenvalue weighted by Crippen LogP contribution is -2.02. The Labute approximate surface area is 209 Å². The summed E-state index contributed by atoms with van der Waals surface area (Å²) in [5.41, 5.74) is 5.53. The highest BCUT2D eigenvalue weighted by Crippen LogP contribution is 2.42. The van der Waals surface area contributed by atoms with E-state index in [0.29, 0.717) is 30.9 Å². The van der Waals surface area contributed by atoms with Gasteiger partial charge in [-0.3, -0.25) is 10.1 Å². The van der Waals surface area contributed by atoms with Crippen molar-refractivity contribution in [3.63, 3.8) is 0 Å². The molecule has 4 aromatic rings. The number of hydrogen-bond donors (Lipinski definition) is 0. The van der Waals surface area contributed by atoms with Crippen LogP contribution < -0.4 is 9.47 Å². The number of nitro groups is 1. The predicted octanol–water partition coefficient (Wildman–Crippen LogP) is 7.49. The van der Waals surface area contributed by atoms with Crippen LogP contribution in [0.25, 0.3) is 0 Å². The van der Waals surface area contributed by atoms with Gasteiger partial charge < -0.3 is 9.47 Å². The molecule has 0 heterocycles. The molecule has 0 saturated carbocycles. The summed E-state index contributed by atoms with van der Waals surface area (Å²) in [5.74, 6) is 1.77. The second-order valence-corrected chi connectivity index (χ2v) is 9.06. The number of rotatable bonds is 8. The molecule has 0 saturated heterocycles. The summed E-state index contributed by atoms with van der Waals surface area (Å²) in [7, 11) is 0. The average Bonchev–Trinajstić information content (AvgIpc) is 3.37. The molecule has 6 heteroatoms. The first-order valence-corrected chi connectivity index (χ1v) is 12.0. The van der Waals surface area contributed by atoms with E-state index in [1.165, 1.54) is 12.1 Å². The Morgan fingerprint density at radius 2 is 1.67 bits per heavy atom. The van der Waals surface area contributed by atoms with E-state index in [-0.39, 0.29) is 16.4 Å². The highest BCUT2D eigenvalue weighted by molar-refractivity contribution is 5.59. The van der Waals surface area contributed by atoms with Crippen LogP contribution in [0.3, 0.4) is 0 Å². The summed E-state index contributed by atoms with van der Waals surface area (Å²) in [6.45, 7) is 2.27. The minimum absolute atomic E-state index is 0.175. The molecule has 0 bridgehead atoms. The van der Waals surface area contributed by atoms with Crippen molar-refractivity contribution in [3.8, 4) is 17.2 Å². The first-order valence-electron chi connectivity index (χ1n) is 12.0. The van der Waals surface area contributed by atoms with Gasteiger partial charge in [0, 0.05) is 29.2 Å². The first kappa shape index (κ1) is 23.5. The number of nitrogens with zero attached hydrogens (tertiary/aromatic N) is 1. The van der Waals surface area contributed by atoms with E-state index in [1.54, 1.807) is 18.2 Å². The molecule has 0 aliphatic heterocycles. The highest BCUT2D eigenvalue weighted by Gasteiger charge is 2.27. The van der Waals surface area contributed by atoms with Crippen LogP contribution >= 0.6 is 0 Å². The number of nitro benzene ring substituents is 1. The molecule has 1 aliphatic rings. The molecule has 36 heavy (non-hydrogen) atoms. The Morgan fingerprint density at radius 1 is 0.917 bits per heavy atom. The van der Waals surface area contributed by atoms with Crippen LogP contribution in [0.2, 0.25) is 0 Å². The Hall–Kier alpha value is -4.19. The van der Waals surface area contributed by atoms with Crippen LogP contribution in [0.5, 0.6) is 17.2 Å². The van der Waals surface area contributed by atoms with Crippen molar-refractivity contribution < 1.29 is 18.8 Å². The summed E-state index contributed by atoms with van der Waals surface area (Å²) in [6, 6.07) is 23.6. The van der Waals surface area contributed by atoms with Crippen molar-refractivity contribution in [3.05, 3.63) is 128 Å². The molecule has 5 nitrogen and oxygen atoms in total. The summed E-state index contributed by atoms with van der Waals surface area (Å²) < 4.78 is 26.0. The SMILES string of the molecule is Cc1cc([N+](=O)[O-])c2c(c1Oc1ccc(OCc3ccccc3)c(Cc3ccc(F)cc3)c1)CCC2. The topological polar surface area (TPSA) is 61.6 Å². The third-order valence-corrected chi connectivity index (χ3v) is 6.51. The molecular formula is C30H26FNO4. The molecule has 182 valence electrons. The van der Waals surface area contributed by atoms with E-state index in [9.17, 15) is 14.5 Å². The minimum Gasteiger partial charge on any atom is -0.489 e. The normalized spacial score (nSPS) is 12.3. The molecule has 5 rings (SSSR count). The highest BCUT2D eigenvalue weighted by atomic mass is 19.1. The molecule has 0 aromatic heterocycles. The maximum absolute atomic E-state index is 13.5. The zero-order valence-electron chi connectivity index (χ0n) is 20.0. The molecular weight excluding hydrogens is 457 g/mol. The Bertz CT molecular complexity index is 1400. The average molecular weight is 484 g/mol. The van der Waals surface area contributed by atoms with Gasteiger partial charge in [0.15, 0.2) is 0 Å². The summed E-state index contributed by atoms with van der Waals surface area (Å²) in [6.07, 6.45) is 2.86. The number of aryl methyl sites for hydroxylation is 1.